The molecule has 0 aromatic carbocycles. The second kappa shape index (κ2) is 15.7. The molecule has 0 spiro atoms. The Kier molecular flexibility index (Phi) is 21.5. The third kappa shape index (κ3) is 36.6. The van der Waals surface area contributed by atoms with Gasteiger partial charge in [0, 0.05) is 11.8 Å². The Morgan fingerprint density at radius 2 is 1.25 bits per heavy atom. The number of halogens is 2. The summed E-state index contributed by atoms with van der Waals surface area (Å²) in [5, 5.41) is 0. The summed E-state index contributed by atoms with van der Waals surface area (Å²) in [6.07, 6.45) is 3.28. The van der Waals surface area contributed by atoms with Crippen LogP contribution >= 0.6 is 23.2 Å². The molecule has 0 heterocycles. The van der Waals surface area contributed by atoms with Crippen LogP contribution in [0.2, 0.25) is 0 Å². The molecule has 0 amide bonds. The van der Waals surface area contributed by atoms with Gasteiger partial charge in [0.2, 0.25) is 0 Å². The van der Waals surface area contributed by atoms with E-state index in [9.17, 15) is 0 Å². The first kappa shape index (κ1) is 10.9. The molecule has 0 saturated carbocycles. The molecule has 0 N–H and O–H groups in total. The first-order chi connectivity index (χ1) is 3.83. The molecule has 0 unspecified atom stereocenters. The largest absolute Gasteiger partial charge is 0.125 e. The van der Waals surface area contributed by atoms with Gasteiger partial charge >= 0.3 is 0 Å². The molecule has 8 heavy (non-hydrogen) atoms. The van der Waals surface area contributed by atoms with E-state index in [0.717, 1.165) is 0 Å². The quantitative estimate of drug-likeness (QED) is 0.422. The van der Waals surface area contributed by atoms with Crippen molar-refractivity contribution in [2.75, 3.05) is 11.8 Å². The highest BCUT2D eigenvalue weighted by Gasteiger charge is 1.61. The Labute approximate surface area is 60.8 Å². The molecule has 0 rings (SSSR count). The second-order valence-corrected chi connectivity index (χ2v) is 1.61. The second-order valence-electron chi connectivity index (χ2n) is 0.849. The van der Waals surface area contributed by atoms with Gasteiger partial charge in [0.1, 0.15) is 0 Å². The third-order valence-corrected chi connectivity index (χ3v) is 0.810. The topological polar surface area (TPSA) is 0 Å². The minimum Gasteiger partial charge on any atom is -0.125 e. The molecule has 0 aromatic rings. The van der Waals surface area contributed by atoms with Crippen LogP contribution in [0, 0.1) is 0 Å². The molecule has 0 atom stereocenters. The summed E-state index contributed by atoms with van der Waals surface area (Å²) in [6.45, 7) is 6.72. The van der Waals surface area contributed by atoms with Crippen LogP contribution in [0.15, 0.2) is 25.3 Å². The Balaban J connectivity index is 0. The van der Waals surface area contributed by atoms with Crippen LogP contribution in [-0.2, 0) is 0 Å². The molecule has 0 nitrogen and oxygen atoms in total. The van der Waals surface area contributed by atoms with Crippen molar-refractivity contribution in [3.8, 4) is 0 Å². The fraction of sp³-hybridized carbons (Fsp3) is 0.333. The number of rotatable bonds is 2. The van der Waals surface area contributed by atoms with Gasteiger partial charge in [-0.3, -0.25) is 0 Å². The van der Waals surface area contributed by atoms with Gasteiger partial charge in [0.05, 0.1) is 0 Å². The highest BCUT2D eigenvalue weighted by Crippen LogP contribution is 1.75. The third-order valence-electron chi connectivity index (χ3n) is 0.238. The molecule has 0 saturated heterocycles. The summed E-state index contributed by atoms with van der Waals surface area (Å²) < 4.78 is 0. The lowest BCUT2D eigenvalue weighted by Gasteiger charge is -1.63. The maximum Gasteiger partial charge on any atom is 0.0359 e. The lowest BCUT2D eigenvalue weighted by Crippen LogP contribution is -1.63. The first-order valence-corrected chi connectivity index (χ1v) is 3.25. The van der Waals surface area contributed by atoms with Crippen LogP contribution in [0.3, 0.4) is 0 Å². The minimum atomic E-state index is 0.557. The van der Waals surface area contributed by atoms with Crippen molar-refractivity contribution in [2.24, 2.45) is 0 Å². The molecule has 0 aromatic heterocycles. The van der Waals surface area contributed by atoms with Crippen LogP contribution in [-0.4, -0.2) is 11.8 Å². The van der Waals surface area contributed by atoms with Crippen LogP contribution in [0.25, 0.3) is 0 Å². The molecular weight excluding hydrogens is 143 g/mol. The summed E-state index contributed by atoms with van der Waals surface area (Å²) in [5.41, 5.74) is 0. The number of alkyl halides is 2. The number of hydrogen-bond donors (Lipinski definition) is 0. The summed E-state index contributed by atoms with van der Waals surface area (Å²) in [5.74, 6) is 1.11. The van der Waals surface area contributed by atoms with E-state index in [-0.39, 0.29) is 0 Å². The van der Waals surface area contributed by atoms with Crippen LogP contribution in [0.4, 0.5) is 0 Å². The van der Waals surface area contributed by atoms with Crippen molar-refractivity contribution in [2.45, 2.75) is 0 Å². The predicted molar refractivity (Wildman–Crippen MR) is 41.8 cm³/mol. The van der Waals surface area contributed by atoms with Gasteiger partial charge < -0.3 is 0 Å². The van der Waals surface area contributed by atoms with Crippen LogP contribution < -0.4 is 0 Å². The van der Waals surface area contributed by atoms with Gasteiger partial charge in [-0.15, -0.1) is 23.2 Å². The van der Waals surface area contributed by atoms with E-state index in [4.69, 9.17) is 23.2 Å². The average Bonchev–Trinajstić information content (AvgIpc) is 1.88. The van der Waals surface area contributed by atoms with Gasteiger partial charge in [-0.25, -0.2) is 0 Å². The lowest BCUT2D eigenvalue weighted by molar-refractivity contribution is 1.52. The van der Waals surface area contributed by atoms with Crippen molar-refractivity contribution in [3.63, 3.8) is 0 Å². The Hall–Kier alpha value is 0.0600. The standard InChI is InChI=1S/C4H6.C2H4Cl2/c1-3-4-2;3-1-2-4/h3-4H,1-2H2;1-2H2. The van der Waals surface area contributed by atoms with E-state index in [1.165, 1.54) is 0 Å². The molecular formula is C6H10Cl2. The lowest BCUT2D eigenvalue weighted by atomic mass is 10.6. The van der Waals surface area contributed by atoms with Crippen LogP contribution in [0.1, 0.15) is 0 Å². The van der Waals surface area contributed by atoms with Crippen molar-refractivity contribution < 1.29 is 0 Å². The van der Waals surface area contributed by atoms with E-state index in [0.29, 0.717) is 11.8 Å². The Bertz CT molecular complexity index is 42.5. The highest BCUT2D eigenvalue weighted by atomic mass is 35.5. The zero-order chi connectivity index (χ0) is 6.83. The first-order valence-electron chi connectivity index (χ1n) is 2.18. The molecule has 2 heteroatoms. The zero-order valence-electron chi connectivity index (χ0n) is 4.74. The van der Waals surface area contributed by atoms with E-state index in [2.05, 4.69) is 13.2 Å². The average molecular weight is 153 g/mol. The highest BCUT2D eigenvalue weighted by molar-refractivity contribution is 6.25. The summed E-state index contributed by atoms with van der Waals surface area (Å²) in [6, 6.07) is 0. The molecule has 0 fully saturated rings. The summed E-state index contributed by atoms with van der Waals surface area (Å²) in [7, 11) is 0. The van der Waals surface area contributed by atoms with Crippen LogP contribution in [0.5, 0.6) is 0 Å². The Morgan fingerprint density at radius 1 is 1.00 bits per heavy atom. The smallest absolute Gasteiger partial charge is 0.0359 e. The van der Waals surface area contributed by atoms with Gasteiger partial charge in [-0.2, -0.15) is 0 Å². The van der Waals surface area contributed by atoms with Crippen molar-refractivity contribution in [1.29, 1.82) is 0 Å². The van der Waals surface area contributed by atoms with Gasteiger partial charge in [-0.1, -0.05) is 25.3 Å². The van der Waals surface area contributed by atoms with E-state index in [1.807, 2.05) is 0 Å². The predicted octanol–water partition coefficient (Wildman–Crippen LogP) is 2.82. The normalized spacial score (nSPS) is 6.25. The van der Waals surface area contributed by atoms with E-state index in [1.54, 1.807) is 12.2 Å². The van der Waals surface area contributed by atoms with Gasteiger partial charge in [-0.05, 0) is 0 Å². The molecule has 0 bridgehead atoms. The van der Waals surface area contributed by atoms with Gasteiger partial charge in [0.15, 0.2) is 0 Å². The SMILES string of the molecule is C=CC=C.ClCCCl. The fourth-order valence-electron chi connectivity index (χ4n) is 0. The molecule has 0 radical (unpaired) electrons. The fourth-order valence-corrected chi connectivity index (χ4v) is 0. The van der Waals surface area contributed by atoms with Crippen molar-refractivity contribution >= 4 is 23.2 Å². The van der Waals surface area contributed by atoms with E-state index >= 15 is 0 Å². The maximum atomic E-state index is 5.05. The van der Waals surface area contributed by atoms with Gasteiger partial charge in [0.25, 0.3) is 0 Å². The molecule has 0 aliphatic heterocycles. The number of allylic oxidation sites excluding steroid dienone is 2. The molecule has 0 aliphatic carbocycles. The minimum absolute atomic E-state index is 0.557. The van der Waals surface area contributed by atoms with E-state index < -0.39 is 0 Å². The zero-order valence-corrected chi connectivity index (χ0v) is 6.25. The summed E-state index contributed by atoms with van der Waals surface area (Å²) in [4.78, 5) is 0. The Morgan fingerprint density at radius 3 is 1.25 bits per heavy atom. The monoisotopic (exact) mass is 152 g/mol. The molecule has 48 valence electrons. The number of hydrogen-bond acceptors (Lipinski definition) is 0. The molecule has 0 aliphatic rings. The summed E-state index contributed by atoms with van der Waals surface area (Å²) >= 11 is 10.1. The maximum absolute atomic E-state index is 5.05. The van der Waals surface area contributed by atoms with Crippen molar-refractivity contribution in [1.82, 2.24) is 0 Å². The van der Waals surface area contributed by atoms with Crippen molar-refractivity contribution in [3.05, 3.63) is 25.3 Å².